The minimum Gasteiger partial charge on any atom is -0.481 e. The predicted octanol–water partition coefficient (Wildman–Crippen LogP) is 4.28. The van der Waals surface area contributed by atoms with Crippen LogP contribution in [-0.2, 0) is 4.79 Å². The number of nitrogens with zero attached hydrogens (tertiary/aromatic N) is 1. The summed E-state index contributed by atoms with van der Waals surface area (Å²) in [6.07, 6.45) is 11.9. The average Bonchev–Trinajstić information content (AvgIpc) is 2.97. The first-order valence-electron chi connectivity index (χ1n) is 12.3. The van der Waals surface area contributed by atoms with Gasteiger partial charge >= 0.3 is 5.97 Å². The van der Waals surface area contributed by atoms with Gasteiger partial charge in [0.1, 0.15) is 5.84 Å². The molecular formula is C31H26N4O4. The number of anilines is 2. The number of piperidine rings is 1. The summed E-state index contributed by atoms with van der Waals surface area (Å²) < 4.78 is 0. The summed E-state index contributed by atoms with van der Waals surface area (Å²) in [6.45, 7) is 0.981. The molecule has 1 saturated heterocycles. The van der Waals surface area contributed by atoms with E-state index in [0.717, 1.165) is 0 Å². The van der Waals surface area contributed by atoms with E-state index in [1.807, 2.05) is 4.90 Å². The zero-order valence-corrected chi connectivity index (χ0v) is 21.0. The number of likely N-dealkylation sites (tertiary alicyclic amines) is 1. The first-order valence-corrected chi connectivity index (χ1v) is 12.3. The van der Waals surface area contributed by atoms with E-state index in [1.54, 1.807) is 60.7 Å². The van der Waals surface area contributed by atoms with E-state index in [1.165, 1.54) is 6.07 Å². The summed E-state index contributed by atoms with van der Waals surface area (Å²) >= 11 is 0. The van der Waals surface area contributed by atoms with Gasteiger partial charge in [0.15, 0.2) is 0 Å². The third-order valence-electron chi connectivity index (χ3n) is 6.57. The van der Waals surface area contributed by atoms with Gasteiger partial charge in [0.25, 0.3) is 11.8 Å². The number of carbonyl (C=O) groups is 3. The van der Waals surface area contributed by atoms with E-state index in [2.05, 4.69) is 22.5 Å². The van der Waals surface area contributed by atoms with Crippen LogP contribution in [0.25, 0.3) is 0 Å². The molecule has 3 aromatic rings. The number of carboxylic acids is 1. The highest BCUT2D eigenvalue weighted by Crippen LogP contribution is 2.22. The third kappa shape index (κ3) is 6.33. The second-order valence-electron chi connectivity index (χ2n) is 9.06. The van der Waals surface area contributed by atoms with E-state index in [0.29, 0.717) is 53.9 Å². The zero-order chi connectivity index (χ0) is 27.9. The highest BCUT2D eigenvalue weighted by molar-refractivity contribution is 6.13. The normalized spacial score (nSPS) is 13.0. The Morgan fingerprint density at radius 2 is 1.41 bits per heavy atom. The lowest BCUT2D eigenvalue weighted by Crippen LogP contribution is -2.40. The first kappa shape index (κ1) is 26.7. The molecule has 194 valence electrons. The lowest BCUT2D eigenvalue weighted by atomic mass is 9.96. The van der Waals surface area contributed by atoms with E-state index in [-0.39, 0.29) is 23.0 Å². The first-order chi connectivity index (χ1) is 18.8. The zero-order valence-electron chi connectivity index (χ0n) is 21.0. The van der Waals surface area contributed by atoms with E-state index in [9.17, 15) is 19.5 Å². The molecule has 0 spiro atoms. The van der Waals surface area contributed by atoms with Gasteiger partial charge in [0.05, 0.1) is 17.2 Å². The molecule has 0 aliphatic carbocycles. The molecule has 1 heterocycles. The summed E-state index contributed by atoms with van der Waals surface area (Å²) in [5.74, 6) is 3.23. The largest absolute Gasteiger partial charge is 0.481 e. The second kappa shape index (κ2) is 11.8. The maximum Gasteiger partial charge on any atom is 0.306 e. The van der Waals surface area contributed by atoms with E-state index < -0.39 is 17.8 Å². The van der Waals surface area contributed by atoms with Gasteiger partial charge in [-0.1, -0.05) is 24.0 Å². The number of amidine groups is 1. The van der Waals surface area contributed by atoms with Crippen LogP contribution in [0.2, 0.25) is 0 Å². The Balaban J connectivity index is 1.46. The second-order valence-corrected chi connectivity index (χ2v) is 9.06. The Bertz CT molecular complexity index is 1500. The number of carbonyl (C=O) groups excluding carboxylic acids is 2. The van der Waals surface area contributed by atoms with Crippen molar-refractivity contribution in [2.45, 2.75) is 12.8 Å². The number of rotatable bonds is 6. The summed E-state index contributed by atoms with van der Waals surface area (Å²) in [7, 11) is 0. The van der Waals surface area contributed by atoms with Gasteiger partial charge in [-0.05, 0) is 67.4 Å². The molecule has 3 aromatic carbocycles. The Hall–Kier alpha value is -5.34. The number of terminal acetylenes is 2. The SMILES string of the molecule is C#Cc1ccc(NC(=O)c2cc(C#C)ccc2NC(=O)c2ccc(C(=N)N3CCC(C(=O)O)CC3)cc2)cc1. The van der Waals surface area contributed by atoms with Crippen molar-refractivity contribution in [1.82, 2.24) is 4.90 Å². The number of carboxylic acid groups (broad SMARTS) is 1. The van der Waals surface area contributed by atoms with Crippen molar-refractivity contribution < 1.29 is 19.5 Å². The van der Waals surface area contributed by atoms with Crippen molar-refractivity contribution in [1.29, 1.82) is 5.41 Å². The average molecular weight is 519 g/mol. The molecular weight excluding hydrogens is 492 g/mol. The molecule has 0 saturated carbocycles. The van der Waals surface area contributed by atoms with Crippen molar-refractivity contribution in [3.8, 4) is 24.7 Å². The molecule has 4 rings (SSSR count). The molecule has 39 heavy (non-hydrogen) atoms. The van der Waals surface area contributed by atoms with Gasteiger partial charge in [-0.3, -0.25) is 19.8 Å². The standard InChI is InChI=1S/C31H26N4O4/c1-3-20-5-12-25(13-6-20)33-30(37)26-19-21(4-2)7-14-27(26)34-29(36)23-10-8-22(9-11-23)28(32)35-17-15-24(16-18-35)31(38)39/h1-2,5-14,19,24,32H,15-18H2,(H,33,37)(H,34,36)(H,38,39). The van der Waals surface area contributed by atoms with Crippen molar-refractivity contribution in [2.75, 3.05) is 23.7 Å². The molecule has 1 aliphatic heterocycles. The molecule has 8 heteroatoms. The van der Waals surface area contributed by atoms with Crippen LogP contribution < -0.4 is 10.6 Å². The van der Waals surface area contributed by atoms with Gasteiger partial charge in [0, 0.05) is 41.0 Å². The Morgan fingerprint density at radius 3 is 2.00 bits per heavy atom. The number of aliphatic carboxylic acids is 1. The van der Waals surface area contributed by atoms with Crippen LogP contribution >= 0.6 is 0 Å². The van der Waals surface area contributed by atoms with Gasteiger partial charge < -0.3 is 20.6 Å². The fourth-order valence-electron chi connectivity index (χ4n) is 4.29. The number of hydrogen-bond acceptors (Lipinski definition) is 4. The highest BCUT2D eigenvalue weighted by atomic mass is 16.4. The van der Waals surface area contributed by atoms with Crippen LogP contribution in [-0.4, -0.2) is 46.7 Å². The maximum atomic E-state index is 13.1. The van der Waals surface area contributed by atoms with Crippen LogP contribution in [0.4, 0.5) is 11.4 Å². The topological polar surface area (TPSA) is 123 Å². The van der Waals surface area contributed by atoms with Crippen molar-refractivity contribution in [3.05, 3.63) is 94.5 Å². The molecule has 0 radical (unpaired) electrons. The Morgan fingerprint density at radius 1 is 0.821 bits per heavy atom. The lowest BCUT2D eigenvalue weighted by Gasteiger charge is -2.32. The van der Waals surface area contributed by atoms with Crippen molar-refractivity contribution in [2.24, 2.45) is 5.92 Å². The predicted molar refractivity (Wildman–Crippen MR) is 150 cm³/mol. The number of amides is 2. The lowest BCUT2D eigenvalue weighted by molar-refractivity contribution is -0.143. The van der Waals surface area contributed by atoms with Crippen LogP contribution in [0.15, 0.2) is 66.7 Å². The molecule has 0 unspecified atom stereocenters. The molecule has 1 fully saturated rings. The van der Waals surface area contributed by atoms with Crippen LogP contribution in [0.3, 0.4) is 0 Å². The van der Waals surface area contributed by atoms with Crippen molar-refractivity contribution in [3.63, 3.8) is 0 Å². The molecule has 0 bridgehead atoms. The van der Waals surface area contributed by atoms with Gasteiger partial charge in [-0.25, -0.2) is 0 Å². The van der Waals surface area contributed by atoms with Crippen LogP contribution in [0.5, 0.6) is 0 Å². The molecule has 0 aromatic heterocycles. The third-order valence-corrected chi connectivity index (χ3v) is 6.57. The Labute approximate surface area is 226 Å². The summed E-state index contributed by atoms with van der Waals surface area (Å²) in [5, 5.41) is 23.2. The number of benzene rings is 3. The van der Waals surface area contributed by atoms with Gasteiger partial charge in [-0.2, -0.15) is 0 Å². The summed E-state index contributed by atoms with van der Waals surface area (Å²) in [5.41, 5.74) is 3.14. The number of hydrogen-bond donors (Lipinski definition) is 4. The molecule has 0 atom stereocenters. The minimum absolute atomic E-state index is 0.197. The molecule has 1 aliphatic rings. The molecule has 2 amide bonds. The smallest absolute Gasteiger partial charge is 0.306 e. The molecule has 8 nitrogen and oxygen atoms in total. The minimum atomic E-state index is -0.801. The quantitative estimate of drug-likeness (QED) is 0.220. The summed E-state index contributed by atoms with van der Waals surface area (Å²) in [4.78, 5) is 39.1. The highest BCUT2D eigenvalue weighted by Gasteiger charge is 2.26. The monoisotopic (exact) mass is 518 g/mol. The number of nitrogens with one attached hydrogen (secondary N) is 3. The van der Waals surface area contributed by atoms with E-state index in [4.69, 9.17) is 18.3 Å². The Kier molecular flexibility index (Phi) is 8.09. The van der Waals surface area contributed by atoms with Crippen molar-refractivity contribution >= 4 is 35.0 Å². The molecule has 4 N–H and O–H groups in total. The van der Waals surface area contributed by atoms with E-state index >= 15 is 0 Å². The fourth-order valence-corrected chi connectivity index (χ4v) is 4.29. The van der Waals surface area contributed by atoms with Crippen LogP contribution in [0, 0.1) is 36.0 Å². The summed E-state index contributed by atoms with van der Waals surface area (Å²) in [6, 6.07) is 18.1. The maximum absolute atomic E-state index is 13.1. The van der Waals surface area contributed by atoms with Crippen LogP contribution in [0.1, 0.15) is 50.2 Å². The fraction of sp³-hybridized carbons (Fsp3) is 0.161. The van der Waals surface area contributed by atoms with Gasteiger partial charge in [-0.15, -0.1) is 12.8 Å². The van der Waals surface area contributed by atoms with Gasteiger partial charge in [0.2, 0.25) is 0 Å².